The fourth-order valence-electron chi connectivity index (χ4n) is 3.39. The van der Waals surface area contributed by atoms with Gasteiger partial charge in [0.15, 0.2) is 0 Å². The van der Waals surface area contributed by atoms with Crippen LogP contribution in [0.3, 0.4) is 0 Å². The van der Waals surface area contributed by atoms with E-state index in [0.717, 1.165) is 31.7 Å². The average molecular weight is 374 g/mol. The lowest BCUT2D eigenvalue weighted by Gasteiger charge is -2.35. The van der Waals surface area contributed by atoms with Crippen molar-refractivity contribution in [2.75, 3.05) is 54.0 Å². The molecule has 1 unspecified atom stereocenters. The molecule has 0 saturated carbocycles. The number of hydrogen-bond acceptors (Lipinski definition) is 6. The summed E-state index contributed by atoms with van der Waals surface area (Å²) < 4.78 is 10.3. The number of nitrogens with zero attached hydrogens (tertiary/aromatic N) is 2. The molecule has 0 aliphatic carbocycles. The molecule has 8 nitrogen and oxygen atoms in total. The Morgan fingerprint density at radius 1 is 1.22 bits per heavy atom. The van der Waals surface area contributed by atoms with Gasteiger partial charge in [-0.3, -0.25) is 4.90 Å². The van der Waals surface area contributed by atoms with Gasteiger partial charge in [-0.05, 0) is 24.7 Å². The number of urea groups is 1. The van der Waals surface area contributed by atoms with Gasteiger partial charge in [0.05, 0.1) is 25.8 Å². The summed E-state index contributed by atoms with van der Waals surface area (Å²) in [7, 11) is 5.01. The van der Waals surface area contributed by atoms with E-state index in [9.17, 15) is 9.59 Å². The van der Waals surface area contributed by atoms with E-state index in [-0.39, 0.29) is 6.03 Å². The lowest BCUT2D eigenvalue weighted by atomic mass is 9.94. The highest BCUT2D eigenvalue weighted by Crippen LogP contribution is 2.30. The first kappa shape index (κ1) is 19.2. The molecule has 3 rings (SSSR count). The molecule has 1 fully saturated rings. The van der Waals surface area contributed by atoms with Crippen molar-refractivity contribution >= 4 is 12.0 Å². The molecule has 2 N–H and O–H groups in total. The molecule has 1 saturated heterocycles. The van der Waals surface area contributed by atoms with Crippen LogP contribution in [-0.4, -0.2) is 75.8 Å². The largest absolute Gasteiger partial charge is 0.497 e. The molecule has 0 radical (unpaired) electrons. The van der Waals surface area contributed by atoms with Crippen molar-refractivity contribution in [3.8, 4) is 5.75 Å². The second kappa shape index (κ2) is 8.41. The zero-order valence-corrected chi connectivity index (χ0v) is 15.9. The maximum absolute atomic E-state index is 12.6. The zero-order chi connectivity index (χ0) is 19.4. The van der Waals surface area contributed by atoms with Crippen molar-refractivity contribution in [3.63, 3.8) is 0 Å². The van der Waals surface area contributed by atoms with Crippen molar-refractivity contribution < 1.29 is 19.1 Å². The van der Waals surface area contributed by atoms with Crippen LogP contribution < -0.4 is 15.4 Å². The lowest BCUT2D eigenvalue weighted by molar-refractivity contribution is -0.136. The van der Waals surface area contributed by atoms with E-state index >= 15 is 0 Å². The Labute approximate surface area is 159 Å². The minimum atomic E-state index is -0.594. The number of carbonyl (C=O) groups is 2. The van der Waals surface area contributed by atoms with Gasteiger partial charge in [0.1, 0.15) is 5.75 Å². The lowest BCUT2D eigenvalue weighted by Crippen LogP contribution is -2.51. The highest BCUT2D eigenvalue weighted by atomic mass is 16.5. The predicted octanol–water partition coefficient (Wildman–Crippen LogP) is 0.724. The minimum absolute atomic E-state index is 0.334. The number of nitrogens with one attached hydrogen (secondary N) is 2. The van der Waals surface area contributed by atoms with Crippen molar-refractivity contribution in [1.82, 2.24) is 20.4 Å². The fraction of sp³-hybridized carbons (Fsp3) is 0.474. The predicted molar refractivity (Wildman–Crippen MR) is 100 cm³/mol. The molecular formula is C19H26N4O4. The van der Waals surface area contributed by atoms with E-state index in [4.69, 9.17) is 9.47 Å². The summed E-state index contributed by atoms with van der Waals surface area (Å²) in [4.78, 5) is 29.4. The number of amides is 2. The van der Waals surface area contributed by atoms with E-state index in [1.807, 2.05) is 24.3 Å². The Bertz CT molecular complexity index is 741. The van der Waals surface area contributed by atoms with Crippen molar-refractivity contribution in [1.29, 1.82) is 0 Å². The zero-order valence-electron chi connectivity index (χ0n) is 15.9. The van der Waals surface area contributed by atoms with Gasteiger partial charge in [0.25, 0.3) is 0 Å². The number of rotatable bonds is 5. The highest BCUT2D eigenvalue weighted by molar-refractivity contribution is 5.95. The SMILES string of the molecule is COC(=O)C1=C(CN2CCN(C)CC2)NC(=O)NC1c1cccc(OC)c1. The number of hydrogen-bond donors (Lipinski definition) is 2. The Balaban J connectivity index is 1.95. The maximum atomic E-state index is 12.6. The van der Waals surface area contributed by atoms with Crippen LogP contribution in [-0.2, 0) is 9.53 Å². The normalized spacial score (nSPS) is 21.4. The molecule has 1 atom stereocenters. The van der Waals surface area contributed by atoms with Crippen LogP contribution >= 0.6 is 0 Å². The molecule has 2 amide bonds. The second-order valence-electron chi connectivity index (χ2n) is 6.77. The van der Waals surface area contributed by atoms with E-state index < -0.39 is 12.0 Å². The maximum Gasteiger partial charge on any atom is 0.338 e. The topological polar surface area (TPSA) is 83.1 Å². The monoisotopic (exact) mass is 374 g/mol. The third-order valence-corrected chi connectivity index (χ3v) is 4.96. The highest BCUT2D eigenvalue weighted by Gasteiger charge is 2.34. The number of benzene rings is 1. The first-order chi connectivity index (χ1) is 13.0. The molecule has 0 spiro atoms. The first-order valence-corrected chi connectivity index (χ1v) is 8.95. The average Bonchev–Trinajstić information content (AvgIpc) is 2.68. The van der Waals surface area contributed by atoms with Crippen LogP contribution in [0, 0.1) is 0 Å². The van der Waals surface area contributed by atoms with Crippen molar-refractivity contribution in [2.45, 2.75) is 6.04 Å². The summed E-state index contributed by atoms with van der Waals surface area (Å²) in [6.45, 7) is 4.15. The van der Waals surface area contributed by atoms with Gasteiger partial charge in [0, 0.05) is 38.4 Å². The number of methoxy groups -OCH3 is 2. The Kier molecular flexibility index (Phi) is 5.98. The van der Waals surface area contributed by atoms with Crippen molar-refractivity contribution in [3.05, 3.63) is 41.1 Å². The summed E-state index contributed by atoms with van der Waals surface area (Å²) in [6, 6.07) is 6.39. The van der Waals surface area contributed by atoms with E-state index in [1.165, 1.54) is 7.11 Å². The van der Waals surface area contributed by atoms with E-state index in [0.29, 0.717) is 23.6 Å². The number of likely N-dealkylation sites (N-methyl/N-ethyl adjacent to an activating group) is 1. The Morgan fingerprint density at radius 3 is 2.63 bits per heavy atom. The van der Waals surface area contributed by atoms with Gasteiger partial charge < -0.3 is 25.0 Å². The molecule has 0 bridgehead atoms. The van der Waals surface area contributed by atoms with Gasteiger partial charge in [-0.25, -0.2) is 9.59 Å². The molecule has 1 aromatic carbocycles. The molecule has 8 heteroatoms. The third-order valence-electron chi connectivity index (χ3n) is 4.96. The van der Waals surface area contributed by atoms with Gasteiger partial charge in [-0.15, -0.1) is 0 Å². The molecule has 1 aromatic rings. The van der Waals surface area contributed by atoms with Crippen LogP contribution in [0.5, 0.6) is 5.75 Å². The van der Waals surface area contributed by atoms with Gasteiger partial charge >= 0.3 is 12.0 Å². The van der Waals surface area contributed by atoms with Crippen LogP contribution in [0.15, 0.2) is 35.5 Å². The number of carbonyl (C=O) groups excluding carboxylic acids is 2. The molecule has 27 heavy (non-hydrogen) atoms. The number of ether oxygens (including phenoxy) is 2. The van der Waals surface area contributed by atoms with Gasteiger partial charge in [0.2, 0.25) is 0 Å². The smallest absolute Gasteiger partial charge is 0.338 e. The standard InChI is InChI=1S/C19H26N4O4/c1-22-7-9-23(10-8-22)12-15-16(18(24)27-3)17(21-19(25)20-15)13-5-4-6-14(11-13)26-2/h4-6,11,17H,7-10,12H2,1-3H3,(H2,20,21,25). The van der Waals surface area contributed by atoms with E-state index in [2.05, 4.69) is 27.5 Å². The fourth-order valence-corrected chi connectivity index (χ4v) is 3.39. The molecule has 2 aliphatic rings. The number of piperazine rings is 1. The van der Waals surface area contributed by atoms with Crippen LogP contribution in [0.25, 0.3) is 0 Å². The van der Waals surface area contributed by atoms with Gasteiger partial charge in [-0.2, -0.15) is 0 Å². The van der Waals surface area contributed by atoms with Crippen LogP contribution in [0.2, 0.25) is 0 Å². The number of esters is 1. The summed E-state index contributed by atoms with van der Waals surface area (Å²) in [5, 5.41) is 5.64. The summed E-state index contributed by atoms with van der Waals surface area (Å²) >= 11 is 0. The van der Waals surface area contributed by atoms with Crippen molar-refractivity contribution in [2.24, 2.45) is 0 Å². The molecule has 2 heterocycles. The molecule has 2 aliphatic heterocycles. The molecular weight excluding hydrogens is 348 g/mol. The summed E-state index contributed by atoms with van der Waals surface area (Å²) in [5.41, 5.74) is 1.77. The Hall–Kier alpha value is -2.58. The summed E-state index contributed by atoms with van der Waals surface area (Å²) in [5.74, 6) is 0.199. The third kappa shape index (κ3) is 4.40. The molecule has 146 valence electrons. The molecule has 0 aromatic heterocycles. The summed E-state index contributed by atoms with van der Waals surface area (Å²) in [6.07, 6.45) is 0. The quantitative estimate of drug-likeness (QED) is 0.739. The minimum Gasteiger partial charge on any atom is -0.497 e. The first-order valence-electron chi connectivity index (χ1n) is 8.95. The Morgan fingerprint density at radius 2 is 1.96 bits per heavy atom. The van der Waals surface area contributed by atoms with E-state index in [1.54, 1.807) is 7.11 Å². The van der Waals surface area contributed by atoms with Crippen LogP contribution in [0.1, 0.15) is 11.6 Å². The van der Waals surface area contributed by atoms with Crippen LogP contribution in [0.4, 0.5) is 4.79 Å². The second-order valence-corrected chi connectivity index (χ2v) is 6.77. The van der Waals surface area contributed by atoms with Gasteiger partial charge in [-0.1, -0.05) is 12.1 Å².